The van der Waals surface area contributed by atoms with Gasteiger partial charge in [-0.1, -0.05) is 0 Å². The van der Waals surface area contributed by atoms with Crippen molar-refractivity contribution in [1.29, 1.82) is 0 Å². The number of aryl methyl sites for hydroxylation is 1. The average Bonchev–Trinajstić information content (AvgIpc) is 2.94. The third-order valence-electron chi connectivity index (χ3n) is 2.56. The van der Waals surface area contributed by atoms with Crippen molar-refractivity contribution in [3.05, 3.63) is 36.7 Å². The van der Waals surface area contributed by atoms with Gasteiger partial charge < -0.3 is 9.88 Å². The number of hydrogen-bond acceptors (Lipinski definition) is 4. The minimum Gasteiger partial charge on any atom is -0.377 e. The summed E-state index contributed by atoms with van der Waals surface area (Å²) < 4.78 is 1.93. The summed E-state index contributed by atoms with van der Waals surface area (Å²) in [4.78, 5) is 8.47. The highest BCUT2D eigenvalue weighted by Crippen LogP contribution is 2.18. The lowest BCUT2D eigenvalue weighted by Gasteiger charge is -2.04. The first-order valence-corrected chi connectivity index (χ1v) is 5.32. The summed E-state index contributed by atoms with van der Waals surface area (Å²) in [5.41, 5.74) is 3.76. The summed E-state index contributed by atoms with van der Waals surface area (Å²) in [6.45, 7) is 0.680. The van der Waals surface area contributed by atoms with Crippen molar-refractivity contribution >= 4 is 16.7 Å². The highest BCUT2D eigenvalue weighted by atomic mass is 15.1. The number of pyridine rings is 1. The highest BCUT2D eigenvalue weighted by molar-refractivity contribution is 5.86. The van der Waals surface area contributed by atoms with Gasteiger partial charge in [0.1, 0.15) is 11.0 Å². The van der Waals surface area contributed by atoms with E-state index in [2.05, 4.69) is 25.5 Å². The minimum atomic E-state index is 0.680. The molecule has 0 atom stereocenters. The zero-order chi connectivity index (χ0) is 11.7. The van der Waals surface area contributed by atoms with Crippen LogP contribution in [-0.4, -0.2) is 24.7 Å². The predicted molar refractivity (Wildman–Crippen MR) is 64.4 cm³/mol. The van der Waals surface area contributed by atoms with E-state index < -0.39 is 0 Å². The van der Waals surface area contributed by atoms with Crippen molar-refractivity contribution in [3.8, 4) is 0 Å². The molecule has 0 unspecified atom stereocenters. The Hall–Kier alpha value is -2.37. The van der Waals surface area contributed by atoms with E-state index in [4.69, 9.17) is 0 Å². The maximum absolute atomic E-state index is 4.26. The molecule has 0 aliphatic heterocycles. The number of nitrogens with zero attached hydrogens (tertiary/aromatic N) is 4. The van der Waals surface area contributed by atoms with Crippen LogP contribution in [0.15, 0.2) is 31.0 Å². The van der Waals surface area contributed by atoms with Gasteiger partial charge in [-0.15, -0.1) is 0 Å². The molecule has 0 aliphatic rings. The highest BCUT2D eigenvalue weighted by Gasteiger charge is 2.03. The first kappa shape index (κ1) is 9.83. The van der Waals surface area contributed by atoms with E-state index in [9.17, 15) is 0 Å². The molecular formula is C11H12N6. The van der Waals surface area contributed by atoms with Gasteiger partial charge in [-0.25, -0.2) is 4.98 Å². The fraction of sp³-hybridized carbons (Fsp3) is 0.182. The molecule has 3 heterocycles. The Morgan fingerprint density at radius 1 is 1.41 bits per heavy atom. The van der Waals surface area contributed by atoms with Gasteiger partial charge in [0.05, 0.1) is 30.5 Å². The molecule has 0 bridgehead atoms. The maximum Gasteiger partial charge on any atom is 0.110 e. The van der Waals surface area contributed by atoms with Crippen molar-refractivity contribution in [3.63, 3.8) is 0 Å². The minimum absolute atomic E-state index is 0.680. The van der Waals surface area contributed by atoms with Crippen LogP contribution in [0.2, 0.25) is 0 Å². The maximum atomic E-state index is 4.26. The van der Waals surface area contributed by atoms with Gasteiger partial charge in [0.15, 0.2) is 0 Å². The van der Waals surface area contributed by atoms with Gasteiger partial charge in [-0.3, -0.25) is 10.1 Å². The molecule has 0 saturated heterocycles. The lowest BCUT2D eigenvalue weighted by molar-refractivity contribution is 0.912. The van der Waals surface area contributed by atoms with Crippen LogP contribution in [-0.2, 0) is 13.6 Å². The van der Waals surface area contributed by atoms with Crippen LogP contribution in [0, 0.1) is 0 Å². The number of nitrogens with one attached hydrogen (secondary N) is 2. The summed E-state index contributed by atoms with van der Waals surface area (Å²) >= 11 is 0. The van der Waals surface area contributed by atoms with E-state index in [0.717, 1.165) is 22.4 Å². The zero-order valence-electron chi connectivity index (χ0n) is 9.38. The summed E-state index contributed by atoms with van der Waals surface area (Å²) in [6.07, 6.45) is 7.24. The molecule has 3 rings (SSSR count). The van der Waals surface area contributed by atoms with Crippen LogP contribution in [0.5, 0.6) is 0 Å². The summed E-state index contributed by atoms with van der Waals surface area (Å²) in [5.74, 6) is 0. The van der Waals surface area contributed by atoms with Crippen molar-refractivity contribution in [1.82, 2.24) is 24.7 Å². The van der Waals surface area contributed by atoms with Gasteiger partial charge in [0, 0.05) is 19.4 Å². The lowest BCUT2D eigenvalue weighted by atomic mass is 10.3. The van der Waals surface area contributed by atoms with E-state index >= 15 is 0 Å². The molecule has 0 aromatic carbocycles. The molecule has 17 heavy (non-hydrogen) atoms. The molecule has 0 radical (unpaired) electrons. The summed E-state index contributed by atoms with van der Waals surface area (Å²) in [7, 11) is 1.95. The van der Waals surface area contributed by atoms with Gasteiger partial charge in [-0.2, -0.15) is 5.10 Å². The Kier molecular flexibility index (Phi) is 2.25. The molecule has 2 N–H and O–H groups in total. The van der Waals surface area contributed by atoms with Crippen LogP contribution in [0.4, 0.5) is 5.69 Å². The van der Waals surface area contributed by atoms with E-state index in [1.165, 1.54) is 0 Å². The van der Waals surface area contributed by atoms with Gasteiger partial charge in [0.2, 0.25) is 0 Å². The fourth-order valence-electron chi connectivity index (χ4n) is 1.74. The standard InChI is InChI=1S/C11H12N6/c1-17-6-8(14-7-17)4-13-9-2-3-12-10-5-15-16-11(9)10/h2-3,5-7H,4H2,1H3,(H,12,13)(H,15,16). The molecule has 0 fully saturated rings. The second kappa shape index (κ2) is 3.89. The number of hydrogen-bond donors (Lipinski definition) is 2. The molecule has 0 spiro atoms. The zero-order valence-corrected chi connectivity index (χ0v) is 9.38. The Bertz CT molecular complexity index is 638. The number of rotatable bonds is 3. The first-order valence-electron chi connectivity index (χ1n) is 5.32. The summed E-state index contributed by atoms with van der Waals surface area (Å²) in [5, 5.41) is 10.2. The largest absolute Gasteiger partial charge is 0.377 e. The quantitative estimate of drug-likeness (QED) is 0.709. The Morgan fingerprint density at radius 3 is 3.18 bits per heavy atom. The van der Waals surface area contributed by atoms with Gasteiger partial charge in [-0.05, 0) is 6.07 Å². The molecule has 3 aromatic heterocycles. The third-order valence-corrected chi connectivity index (χ3v) is 2.56. The van der Waals surface area contributed by atoms with Crippen LogP contribution in [0.25, 0.3) is 11.0 Å². The summed E-state index contributed by atoms with van der Waals surface area (Å²) in [6, 6.07) is 1.92. The van der Waals surface area contributed by atoms with Crippen LogP contribution >= 0.6 is 0 Å². The van der Waals surface area contributed by atoms with Gasteiger partial charge >= 0.3 is 0 Å². The van der Waals surface area contributed by atoms with Crippen molar-refractivity contribution in [2.24, 2.45) is 7.05 Å². The fourth-order valence-corrected chi connectivity index (χ4v) is 1.74. The Labute approximate surface area is 97.7 Å². The molecule has 0 amide bonds. The smallest absolute Gasteiger partial charge is 0.110 e. The number of imidazole rings is 1. The first-order chi connectivity index (χ1) is 8.33. The predicted octanol–water partition coefficient (Wildman–Crippen LogP) is 1.30. The van der Waals surface area contributed by atoms with Gasteiger partial charge in [0.25, 0.3) is 0 Å². The molecular weight excluding hydrogens is 216 g/mol. The lowest BCUT2D eigenvalue weighted by Crippen LogP contribution is -2.00. The van der Waals surface area contributed by atoms with Crippen molar-refractivity contribution < 1.29 is 0 Å². The number of anilines is 1. The monoisotopic (exact) mass is 228 g/mol. The number of aromatic amines is 1. The van der Waals surface area contributed by atoms with E-state index in [1.807, 2.05) is 23.9 Å². The van der Waals surface area contributed by atoms with Crippen LogP contribution < -0.4 is 5.32 Å². The Balaban J connectivity index is 1.83. The van der Waals surface area contributed by atoms with Crippen LogP contribution in [0.1, 0.15) is 5.69 Å². The number of fused-ring (bicyclic) bond motifs is 1. The molecule has 3 aromatic rings. The Morgan fingerprint density at radius 2 is 2.35 bits per heavy atom. The second-order valence-electron chi connectivity index (χ2n) is 3.87. The van der Waals surface area contributed by atoms with E-state index in [0.29, 0.717) is 6.54 Å². The molecule has 6 nitrogen and oxygen atoms in total. The number of H-pyrrole nitrogens is 1. The van der Waals surface area contributed by atoms with Crippen molar-refractivity contribution in [2.45, 2.75) is 6.54 Å². The molecule has 86 valence electrons. The topological polar surface area (TPSA) is 71.4 Å². The third kappa shape index (κ3) is 1.84. The van der Waals surface area contributed by atoms with E-state index in [-0.39, 0.29) is 0 Å². The average molecular weight is 228 g/mol. The van der Waals surface area contributed by atoms with Crippen molar-refractivity contribution in [2.75, 3.05) is 5.32 Å². The second-order valence-corrected chi connectivity index (χ2v) is 3.87. The normalized spacial score (nSPS) is 10.9. The molecule has 6 heteroatoms. The number of aromatic nitrogens is 5. The van der Waals surface area contributed by atoms with Crippen LogP contribution in [0.3, 0.4) is 0 Å². The molecule has 0 saturated carbocycles. The molecule has 0 aliphatic carbocycles. The SMILES string of the molecule is Cn1cnc(CNc2ccnc3cn[nH]c23)c1. The van der Waals surface area contributed by atoms with E-state index in [1.54, 1.807) is 18.7 Å².